The molecule has 12 heteroatoms. The molecule has 2 aliphatic rings. The molecule has 0 aromatic heterocycles. The quantitative estimate of drug-likeness (QED) is 0.588. The molecule has 2 N–H and O–H groups in total. The molecule has 1 fully saturated rings. The molecule has 170 valence electrons. The van der Waals surface area contributed by atoms with E-state index in [9.17, 15) is 18.0 Å². The lowest BCUT2D eigenvalue weighted by Gasteiger charge is -2.36. The molecule has 1 unspecified atom stereocenters. The summed E-state index contributed by atoms with van der Waals surface area (Å²) < 4.78 is 32.3. The number of halogens is 2. The molecule has 9 nitrogen and oxygen atoms in total. The highest BCUT2D eigenvalue weighted by Gasteiger charge is 2.33. The van der Waals surface area contributed by atoms with Gasteiger partial charge in [-0.05, 0) is 32.0 Å². The zero-order chi connectivity index (χ0) is 22.8. The Balaban J connectivity index is 1.71. The van der Waals surface area contributed by atoms with Crippen molar-refractivity contribution in [3.63, 3.8) is 0 Å². The first-order chi connectivity index (χ1) is 14.6. The number of amides is 2. The summed E-state index contributed by atoms with van der Waals surface area (Å²) in [5.74, 6) is -0.488. The van der Waals surface area contributed by atoms with Crippen LogP contribution in [0.5, 0.6) is 0 Å². The number of carbonyl (C=O) groups excluding carboxylic acids is 2. The van der Waals surface area contributed by atoms with Gasteiger partial charge in [-0.3, -0.25) is 4.90 Å². The molecule has 1 aromatic carbocycles. The molecule has 2 aliphatic heterocycles. The third kappa shape index (κ3) is 5.32. The van der Waals surface area contributed by atoms with Gasteiger partial charge in [-0.1, -0.05) is 23.2 Å². The molecule has 2 amide bonds. The van der Waals surface area contributed by atoms with Crippen molar-refractivity contribution in [3.8, 4) is 0 Å². The summed E-state index contributed by atoms with van der Waals surface area (Å²) in [6.45, 7) is 5.32. The minimum Gasteiger partial charge on any atom is -0.463 e. The third-order valence-corrected chi connectivity index (χ3v) is 7.74. The summed E-state index contributed by atoms with van der Waals surface area (Å²) in [6.07, 6.45) is 0. The Labute approximate surface area is 191 Å². The Morgan fingerprint density at radius 3 is 2.48 bits per heavy atom. The van der Waals surface area contributed by atoms with Crippen LogP contribution in [0.4, 0.5) is 4.79 Å². The Kier molecular flexibility index (Phi) is 7.48. The first-order valence-corrected chi connectivity index (χ1v) is 12.0. The van der Waals surface area contributed by atoms with Crippen molar-refractivity contribution in [3.05, 3.63) is 39.5 Å². The Morgan fingerprint density at radius 2 is 1.87 bits per heavy atom. The van der Waals surface area contributed by atoms with Crippen LogP contribution in [0.25, 0.3) is 0 Å². The van der Waals surface area contributed by atoms with Crippen molar-refractivity contribution >= 4 is 45.2 Å². The van der Waals surface area contributed by atoms with E-state index in [2.05, 4.69) is 10.6 Å². The highest BCUT2D eigenvalue weighted by Crippen LogP contribution is 2.27. The summed E-state index contributed by atoms with van der Waals surface area (Å²) in [4.78, 5) is 26.3. The number of hydrogen-bond acceptors (Lipinski definition) is 6. The summed E-state index contributed by atoms with van der Waals surface area (Å²) >= 11 is 11.9. The Morgan fingerprint density at radius 1 is 1.19 bits per heavy atom. The first-order valence-electron chi connectivity index (χ1n) is 9.78. The molecule has 0 saturated carbocycles. The van der Waals surface area contributed by atoms with Crippen LogP contribution < -0.4 is 10.6 Å². The normalized spacial score (nSPS) is 20.9. The molecule has 1 aromatic rings. The van der Waals surface area contributed by atoms with Crippen LogP contribution in [0.1, 0.15) is 13.8 Å². The van der Waals surface area contributed by atoms with Crippen molar-refractivity contribution in [2.24, 2.45) is 0 Å². The number of nitrogens with one attached hydrogen (secondary N) is 2. The molecule has 0 bridgehead atoms. The van der Waals surface area contributed by atoms with Gasteiger partial charge in [0.2, 0.25) is 10.0 Å². The summed E-state index contributed by atoms with van der Waals surface area (Å²) in [5, 5.41) is 5.81. The molecule has 2 heterocycles. The van der Waals surface area contributed by atoms with Gasteiger partial charge in [0.15, 0.2) is 0 Å². The number of nitrogens with zero attached hydrogens (tertiary/aromatic N) is 2. The van der Waals surface area contributed by atoms with Crippen molar-refractivity contribution in [2.45, 2.75) is 24.8 Å². The number of urea groups is 1. The van der Waals surface area contributed by atoms with E-state index in [-0.39, 0.29) is 34.6 Å². The highest BCUT2D eigenvalue weighted by molar-refractivity contribution is 7.89. The molecule has 0 aliphatic carbocycles. The van der Waals surface area contributed by atoms with Crippen LogP contribution in [-0.2, 0) is 19.6 Å². The smallest absolute Gasteiger partial charge is 0.337 e. The Bertz CT molecular complexity index is 1010. The van der Waals surface area contributed by atoms with Gasteiger partial charge in [-0.15, -0.1) is 0 Å². The number of sulfonamides is 1. The van der Waals surface area contributed by atoms with E-state index in [1.807, 2.05) is 4.90 Å². The monoisotopic (exact) mass is 490 g/mol. The molecule has 1 saturated heterocycles. The van der Waals surface area contributed by atoms with Gasteiger partial charge in [-0.2, -0.15) is 4.31 Å². The van der Waals surface area contributed by atoms with E-state index in [4.69, 9.17) is 27.9 Å². The SMILES string of the molecule is CCOC(=O)C1=C(CN2CCN(S(=O)(=O)c3ccc(Cl)c(Cl)c3)CC2)NC(=O)NC1C. The average Bonchev–Trinajstić information content (AvgIpc) is 2.70. The summed E-state index contributed by atoms with van der Waals surface area (Å²) in [6, 6.07) is 3.35. The van der Waals surface area contributed by atoms with Crippen LogP contribution in [0.2, 0.25) is 10.0 Å². The van der Waals surface area contributed by atoms with Crippen LogP contribution in [0, 0.1) is 0 Å². The molecular weight excluding hydrogens is 467 g/mol. The number of hydrogen-bond donors (Lipinski definition) is 2. The maximum atomic E-state index is 12.9. The van der Waals surface area contributed by atoms with E-state index in [0.29, 0.717) is 30.9 Å². The molecule has 0 spiro atoms. The largest absolute Gasteiger partial charge is 0.463 e. The molecule has 31 heavy (non-hydrogen) atoms. The van der Waals surface area contributed by atoms with E-state index < -0.39 is 28.1 Å². The minimum absolute atomic E-state index is 0.0853. The second kappa shape index (κ2) is 9.74. The second-order valence-electron chi connectivity index (χ2n) is 7.19. The van der Waals surface area contributed by atoms with E-state index >= 15 is 0 Å². The maximum Gasteiger partial charge on any atom is 0.337 e. The minimum atomic E-state index is -3.71. The standard InChI is InChI=1S/C19H24Cl2N4O5S/c1-3-30-18(26)17-12(2)22-19(27)23-16(17)11-24-6-8-25(9-7-24)31(28,29)13-4-5-14(20)15(21)10-13/h4-5,10,12H,3,6-9,11H2,1-2H3,(H2,22,23,27). The fraction of sp³-hybridized carbons (Fsp3) is 0.474. The van der Waals surface area contributed by atoms with Gasteiger partial charge in [0.1, 0.15) is 0 Å². The lowest BCUT2D eigenvalue weighted by Crippen LogP contribution is -2.54. The van der Waals surface area contributed by atoms with Crippen LogP contribution in [0.15, 0.2) is 34.4 Å². The predicted molar refractivity (Wildman–Crippen MR) is 116 cm³/mol. The maximum absolute atomic E-state index is 12.9. The van der Waals surface area contributed by atoms with Gasteiger partial charge in [0.05, 0.1) is 33.2 Å². The molecule has 3 rings (SSSR count). The van der Waals surface area contributed by atoms with Gasteiger partial charge >= 0.3 is 12.0 Å². The molecular formula is C19H24Cl2N4O5S. The zero-order valence-electron chi connectivity index (χ0n) is 17.2. The van der Waals surface area contributed by atoms with Crippen molar-refractivity contribution in [1.29, 1.82) is 0 Å². The highest BCUT2D eigenvalue weighted by atomic mass is 35.5. The van der Waals surface area contributed by atoms with Gasteiger partial charge in [0.25, 0.3) is 0 Å². The topological polar surface area (TPSA) is 108 Å². The summed E-state index contributed by atoms with van der Waals surface area (Å²) in [7, 11) is -3.71. The van der Waals surface area contributed by atoms with Crippen molar-refractivity contribution in [1.82, 2.24) is 19.8 Å². The van der Waals surface area contributed by atoms with E-state index in [0.717, 1.165) is 0 Å². The van der Waals surface area contributed by atoms with Crippen molar-refractivity contribution in [2.75, 3.05) is 39.3 Å². The number of ether oxygens (including phenoxy) is 1. The Hall–Kier alpha value is -1.85. The third-order valence-electron chi connectivity index (χ3n) is 5.11. The van der Waals surface area contributed by atoms with Gasteiger partial charge in [0, 0.05) is 38.4 Å². The first kappa shape index (κ1) is 23.8. The molecule has 0 radical (unpaired) electrons. The van der Waals surface area contributed by atoms with Gasteiger partial charge in [-0.25, -0.2) is 18.0 Å². The molecule has 1 atom stereocenters. The van der Waals surface area contributed by atoms with Crippen LogP contribution >= 0.6 is 23.2 Å². The van der Waals surface area contributed by atoms with Gasteiger partial charge < -0.3 is 15.4 Å². The number of esters is 1. The van der Waals surface area contributed by atoms with Crippen molar-refractivity contribution < 1.29 is 22.7 Å². The lowest BCUT2D eigenvalue weighted by molar-refractivity contribution is -0.139. The second-order valence-corrected chi connectivity index (χ2v) is 9.94. The average molecular weight is 491 g/mol. The van der Waals surface area contributed by atoms with Crippen LogP contribution in [0.3, 0.4) is 0 Å². The zero-order valence-corrected chi connectivity index (χ0v) is 19.5. The predicted octanol–water partition coefficient (Wildman–Crippen LogP) is 1.82. The number of carbonyl (C=O) groups is 2. The number of benzene rings is 1. The lowest BCUT2D eigenvalue weighted by atomic mass is 10.0. The number of rotatable bonds is 6. The fourth-order valence-corrected chi connectivity index (χ4v) is 5.35. The summed E-state index contributed by atoms with van der Waals surface area (Å²) in [5.41, 5.74) is 0.836. The fourth-order valence-electron chi connectivity index (χ4n) is 3.54. The van der Waals surface area contributed by atoms with E-state index in [1.165, 1.54) is 22.5 Å². The van der Waals surface area contributed by atoms with E-state index in [1.54, 1.807) is 13.8 Å². The number of piperazine rings is 1. The van der Waals surface area contributed by atoms with Crippen LogP contribution in [-0.4, -0.2) is 75.0 Å².